The Labute approximate surface area is 128 Å². The number of alkyl halides is 2. The highest BCUT2D eigenvalue weighted by atomic mass is 19.2. The van der Waals surface area contributed by atoms with Crippen LogP contribution in [0.3, 0.4) is 0 Å². The van der Waals surface area contributed by atoms with E-state index in [4.69, 9.17) is 9.47 Å². The number of hydrogen-bond donors (Lipinski definition) is 2. The van der Waals surface area contributed by atoms with Crippen molar-refractivity contribution in [2.45, 2.75) is 44.1 Å². The smallest absolute Gasteiger partial charge is 0.330 e. The van der Waals surface area contributed by atoms with Gasteiger partial charge in [0.05, 0.1) is 0 Å². The average molecular weight is 334 g/mol. The van der Waals surface area contributed by atoms with E-state index in [2.05, 4.69) is 0 Å². The third-order valence-corrected chi connectivity index (χ3v) is 3.55. The quantitative estimate of drug-likeness (QED) is 0.736. The van der Waals surface area contributed by atoms with Gasteiger partial charge in [-0.25, -0.2) is 13.6 Å². The lowest BCUT2D eigenvalue weighted by molar-refractivity contribution is -0.217. The molecule has 2 rings (SSSR count). The number of carbonyl (C=O) groups excluding carboxylic acids is 1. The third kappa shape index (κ3) is 2.91. The fourth-order valence-electron chi connectivity index (χ4n) is 2.39. The van der Waals surface area contributed by atoms with Crippen LogP contribution in [0.4, 0.5) is 8.78 Å². The number of aromatic amines is 1. The number of nitrogens with one attached hydrogen (secondary N) is 1. The molecule has 1 saturated heterocycles. The van der Waals surface area contributed by atoms with Gasteiger partial charge in [-0.15, -0.1) is 0 Å². The molecule has 23 heavy (non-hydrogen) atoms. The standard InChI is InChI=1S/C13H16F2N2O6/c1-3-8(20)22-9-12(2,14)10(23-13(9,15)6-18)17-5-4-7(19)16-11(17)21/h4-5,9-10,18H,3,6H2,1-2H3,(H,16,19,21)/t9-,10+,12+,13+/m0/s1. The van der Waals surface area contributed by atoms with Crippen molar-refractivity contribution in [2.24, 2.45) is 0 Å². The molecule has 128 valence electrons. The van der Waals surface area contributed by atoms with Crippen LogP contribution in [0.5, 0.6) is 0 Å². The topological polar surface area (TPSA) is 111 Å². The van der Waals surface area contributed by atoms with Crippen LogP contribution >= 0.6 is 0 Å². The molecule has 0 amide bonds. The molecule has 1 aromatic heterocycles. The molecule has 0 radical (unpaired) electrons. The summed E-state index contributed by atoms with van der Waals surface area (Å²) in [7, 11) is 0. The van der Waals surface area contributed by atoms with Gasteiger partial charge in [-0.3, -0.25) is 19.1 Å². The number of H-pyrrole nitrogens is 1. The minimum atomic E-state index is -3.03. The number of esters is 1. The second-order valence-corrected chi connectivity index (χ2v) is 5.31. The highest BCUT2D eigenvalue weighted by Crippen LogP contribution is 2.48. The van der Waals surface area contributed by atoms with Crippen molar-refractivity contribution in [3.8, 4) is 0 Å². The number of halogens is 2. The van der Waals surface area contributed by atoms with Crippen LogP contribution < -0.4 is 11.2 Å². The van der Waals surface area contributed by atoms with Crippen molar-refractivity contribution in [3.63, 3.8) is 0 Å². The Morgan fingerprint density at radius 1 is 1.52 bits per heavy atom. The van der Waals surface area contributed by atoms with Crippen molar-refractivity contribution in [1.82, 2.24) is 9.55 Å². The van der Waals surface area contributed by atoms with Crippen LogP contribution in [0.25, 0.3) is 0 Å². The van der Waals surface area contributed by atoms with E-state index in [0.29, 0.717) is 4.57 Å². The predicted octanol–water partition coefficient (Wildman–Crippen LogP) is -0.227. The van der Waals surface area contributed by atoms with Crippen molar-refractivity contribution in [3.05, 3.63) is 33.1 Å². The Hall–Kier alpha value is -2.07. The first-order valence-electron chi connectivity index (χ1n) is 6.83. The summed E-state index contributed by atoms with van der Waals surface area (Å²) in [6.45, 7) is 1.01. The van der Waals surface area contributed by atoms with Gasteiger partial charge in [-0.05, 0) is 6.92 Å². The molecule has 1 aromatic rings. The van der Waals surface area contributed by atoms with Crippen molar-refractivity contribution in [2.75, 3.05) is 6.61 Å². The molecule has 0 aliphatic carbocycles. The van der Waals surface area contributed by atoms with Gasteiger partial charge >= 0.3 is 11.7 Å². The maximum atomic E-state index is 15.1. The number of nitrogens with zero attached hydrogens (tertiary/aromatic N) is 1. The van der Waals surface area contributed by atoms with Crippen LogP contribution in [-0.4, -0.2) is 44.9 Å². The minimum absolute atomic E-state index is 0.142. The third-order valence-electron chi connectivity index (χ3n) is 3.55. The van der Waals surface area contributed by atoms with Crippen molar-refractivity contribution in [1.29, 1.82) is 0 Å². The summed E-state index contributed by atoms with van der Waals surface area (Å²) in [5.41, 5.74) is -4.44. The first-order chi connectivity index (χ1) is 10.7. The zero-order valence-corrected chi connectivity index (χ0v) is 12.4. The monoisotopic (exact) mass is 334 g/mol. The second kappa shape index (κ2) is 5.85. The van der Waals surface area contributed by atoms with E-state index in [-0.39, 0.29) is 6.42 Å². The largest absolute Gasteiger partial charge is 0.453 e. The molecule has 10 heteroatoms. The van der Waals surface area contributed by atoms with E-state index in [1.807, 2.05) is 4.98 Å². The number of aliphatic hydroxyl groups is 1. The molecule has 4 atom stereocenters. The molecule has 1 aliphatic rings. The summed E-state index contributed by atoms with van der Waals surface area (Å²) in [5, 5.41) is 9.19. The van der Waals surface area contributed by atoms with Gasteiger partial charge in [-0.1, -0.05) is 6.92 Å². The Morgan fingerprint density at radius 2 is 2.17 bits per heavy atom. The van der Waals surface area contributed by atoms with Gasteiger partial charge in [0.2, 0.25) is 6.10 Å². The van der Waals surface area contributed by atoms with E-state index < -0.39 is 47.7 Å². The Morgan fingerprint density at radius 3 is 2.70 bits per heavy atom. The lowest BCUT2D eigenvalue weighted by atomic mass is 9.97. The molecule has 2 heterocycles. The van der Waals surface area contributed by atoms with Crippen molar-refractivity contribution < 1.29 is 28.2 Å². The van der Waals surface area contributed by atoms with Crippen LogP contribution in [0, 0.1) is 0 Å². The Kier molecular flexibility index (Phi) is 4.40. The highest BCUT2D eigenvalue weighted by molar-refractivity contribution is 5.69. The number of aromatic nitrogens is 2. The summed E-state index contributed by atoms with van der Waals surface area (Å²) < 4.78 is 40.0. The molecule has 0 spiro atoms. The maximum Gasteiger partial charge on any atom is 0.330 e. The zero-order valence-electron chi connectivity index (χ0n) is 12.4. The summed E-state index contributed by atoms with van der Waals surface area (Å²) in [4.78, 5) is 36.1. The molecule has 0 aromatic carbocycles. The number of aliphatic hydroxyl groups excluding tert-OH is 1. The van der Waals surface area contributed by atoms with Gasteiger partial charge in [0.1, 0.15) is 6.61 Å². The summed E-state index contributed by atoms with van der Waals surface area (Å²) >= 11 is 0. The summed E-state index contributed by atoms with van der Waals surface area (Å²) in [6.07, 6.45) is -3.15. The van der Waals surface area contributed by atoms with Crippen LogP contribution in [0.2, 0.25) is 0 Å². The minimum Gasteiger partial charge on any atom is -0.453 e. The normalized spacial score (nSPS) is 33.6. The highest BCUT2D eigenvalue weighted by Gasteiger charge is 2.67. The average Bonchev–Trinajstić information content (AvgIpc) is 2.68. The Bertz CT molecular complexity index is 715. The first-order valence-corrected chi connectivity index (χ1v) is 6.83. The molecule has 8 nitrogen and oxygen atoms in total. The fourth-order valence-corrected chi connectivity index (χ4v) is 2.39. The molecular weight excluding hydrogens is 318 g/mol. The number of hydrogen-bond acceptors (Lipinski definition) is 6. The van der Waals surface area contributed by atoms with Crippen LogP contribution in [0.1, 0.15) is 26.5 Å². The lowest BCUT2D eigenvalue weighted by Crippen LogP contribution is -2.49. The maximum absolute atomic E-state index is 15.1. The molecule has 0 unspecified atom stereocenters. The van der Waals surface area contributed by atoms with Crippen LogP contribution in [-0.2, 0) is 14.3 Å². The Balaban J connectivity index is 2.49. The van der Waals surface area contributed by atoms with E-state index in [1.165, 1.54) is 6.92 Å². The molecule has 1 fully saturated rings. The van der Waals surface area contributed by atoms with Gasteiger partial charge in [0, 0.05) is 18.7 Å². The van der Waals surface area contributed by atoms with E-state index in [1.54, 1.807) is 0 Å². The van der Waals surface area contributed by atoms with Gasteiger partial charge in [-0.2, -0.15) is 0 Å². The van der Waals surface area contributed by atoms with Crippen LogP contribution in [0.15, 0.2) is 21.9 Å². The SMILES string of the molecule is CCC(=O)O[C@H]1[C@@](C)(F)[C@H](n2ccc(=O)[nH]c2=O)O[C@]1(F)CO. The molecular formula is C13H16F2N2O6. The lowest BCUT2D eigenvalue weighted by Gasteiger charge is -2.28. The van der Waals surface area contributed by atoms with E-state index in [0.717, 1.165) is 19.2 Å². The van der Waals surface area contributed by atoms with Gasteiger partial charge in [0.15, 0.2) is 11.9 Å². The zero-order chi connectivity index (χ0) is 17.4. The molecule has 2 N–H and O–H groups in total. The number of carbonyl (C=O) groups is 1. The molecule has 0 saturated carbocycles. The fraction of sp³-hybridized carbons (Fsp3) is 0.615. The van der Waals surface area contributed by atoms with Gasteiger partial charge < -0.3 is 14.6 Å². The first kappa shape index (κ1) is 17.3. The number of ether oxygens (including phenoxy) is 2. The van der Waals surface area contributed by atoms with Gasteiger partial charge in [0.25, 0.3) is 11.4 Å². The predicted molar refractivity (Wildman–Crippen MR) is 72.1 cm³/mol. The van der Waals surface area contributed by atoms with E-state index >= 15 is 4.39 Å². The summed E-state index contributed by atoms with van der Waals surface area (Å²) in [6, 6.07) is 0.922. The van der Waals surface area contributed by atoms with Crippen molar-refractivity contribution >= 4 is 5.97 Å². The molecule has 0 bridgehead atoms. The van der Waals surface area contributed by atoms with E-state index in [9.17, 15) is 23.9 Å². The summed E-state index contributed by atoms with van der Waals surface area (Å²) in [5.74, 6) is -3.93. The second-order valence-electron chi connectivity index (χ2n) is 5.31. The number of rotatable bonds is 4. The molecule has 1 aliphatic heterocycles.